The second kappa shape index (κ2) is 5.10. The van der Waals surface area contributed by atoms with E-state index in [0.717, 1.165) is 17.7 Å². The molecule has 72 valence electrons. The predicted molar refractivity (Wildman–Crippen MR) is 53.2 cm³/mol. The highest BCUT2D eigenvalue weighted by molar-refractivity contribution is 6.31. The number of aliphatic hydroxyl groups excluding tert-OH is 1. The molecule has 1 aromatic carbocycles. The van der Waals surface area contributed by atoms with Crippen LogP contribution >= 0.6 is 11.6 Å². The summed E-state index contributed by atoms with van der Waals surface area (Å²) < 4.78 is 5.37. The summed E-state index contributed by atoms with van der Waals surface area (Å²) >= 11 is 5.87. The van der Waals surface area contributed by atoms with Crippen molar-refractivity contribution in [2.75, 3.05) is 6.61 Å². The van der Waals surface area contributed by atoms with Crippen molar-refractivity contribution in [2.24, 2.45) is 0 Å². The fraction of sp³-hybridized carbons (Fsp3) is 0.400. The van der Waals surface area contributed by atoms with E-state index in [-0.39, 0.29) is 6.61 Å². The fourth-order valence-corrected chi connectivity index (χ4v) is 1.20. The summed E-state index contributed by atoms with van der Waals surface area (Å²) in [7, 11) is 0. The Labute approximate surface area is 83.1 Å². The summed E-state index contributed by atoms with van der Waals surface area (Å²) in [6, 6.07) is 5.31. The topological polar surface area (TPSA) is 29.5 Å². The standard InChI is InChI=1S/C10H13ClO2/c1-2-5-13-9-4-3-8(7-12)10(11)6-9/h3-4,6,12H,2,5,7H2,1H3. The maximum absolute atomic E-state index is 8.86. The van der Waals surface area contributed by atoms with Crippen molar-refractivity contribution >= 4 is 11.6 Å². The molecule has 1 aromatic rings. The van der Waals surface area contributed by atoms with E-state index >= 15 is 0 Å². The van der Waals surface area contributed by atoms with Crippen LogP contribution in [0.25, 0.3) is 0 Å². The third-order valence-electron chi connectivity index (χ3n) is 1.67. The summed E-state index contributed by atoms with van der Waals surface area (Å²) in [6.45, 7) is 2.70. The summed E-state index contributed by atoms with van der Waals surface area (Å²) in [6.07, 6.45) is 0.972. The molecular formula is C10H13ClO2. The lowest BCUT2D eigenvalue weighted by Crippen LogP contribution is -1.95. The van der Waals surface area contributed by atoms with Crippen molar-refractivity contribution < 1.29 is 9.84 Å². The third kappa shape index (κ3) is 2.90. The highest BCUT2D eigenvalue weighted by Crippen LogP contribution is 2.22. The largest absolute Gasteiger partial charge is 0.494 e. The first-order valence-electron chi connectivity index (χ1n) is 4.30. The van der Waals surface area contributed by atoms with Gasteiger partial charge in [-0.15, -0.1) is 0 Å². The smallest absolute Gasteiger partial charge is 0.120 e. The lowest BCUT2D eigenvalue weighted by molar-refractivity contribution is 0.281. The Hall–Kier alpha value is -0.730. The van der Waals surface area contributed by atoms with E-state index in [9.17, 15) is 0 Å². The molecule has 0 saturated carbocycles. The van der Waals surface area contributed by atoms with Gasteiger partial charge < -0.3 is 9.84 Å². The van der Waals surface area contributed by atoms with Gasteiger partial charge in [0.1, 0.15) is 5.75 Å². The molecule has 0 aliphatic rings. The van der Waals surface area contributed by atoms with Gasteiger partial charge in [0.2, 0.25) is 0 Å². The normalized spacial score (nSPS) is 10.1. The Morgan fingerprint density at radius 1 is 1.46 bits per heavy atom. The molecule has 0 radical (unpaired) electrons. The van der Waals surface area contributed by atoms with E-state index in [1.54, 1.807) is 12.1 Å². The Kier molecular flexibility index (Phi) is 4.06. The van der Waals surface area contributed by atoms with Crippen molar-refractivity contribution in [1.82, 2.24) is 0 Å². The van der Waals surface area contributed by atoms with Crippen LogP contribution in [0.2, 0.25) is 5.02 Å². The van der Waals surface area contributed by atoms with Crippen LogP contribution in [-0.2, 0) is 6.61 Å². The lowest BCUT2D eigenvalue weighted by Gasteiger charge is -2.06. The highest BCUT2D eigenvalue weighted by atomic mass is 35.5. The minimum Gasteiger partial charge on any atom is -0.494 e. The molecular weight excluding hydrogens is 188 g/mol. The molecule has 0 amide bonds. The van der Waals surface area contributed by atoms with Crippen molar-refractivity contribution in [3.63, 3.8) is 0 Å². The van der Waals surface area contributed by atoms with Crippen LogP contribution in [0.3, 0.4) is 0 Å². The number of ether oxygens (including phenoxy) is 1. The van der Waals surface area contributed by atoms with Crippen molar-refractivity contribution in [3.8, 4) is 5.75 Å². The third-order valence-corrected chi connectivity index (χ3v) is 2.02. The maximum atomic E-state index is 8.86. The zero-order valence-electron chi connectivity index (χ0n) is 7.59. The molecule has 0 saturated heterocycles. The summed E-state index contributed by atoms with van der Waals surface area (Å²) in [5.74, 6) is 0.754. The first kappa shape index (κ1) is 10.4. The second-order valence-electron chi connectivity index (χ2n) is 2.76. The van der Waals surface area contributed by atoms with Gasteiger partial charge in [0, 0.05) is 5.02 Å². The quantitative estimate of drug-likeness (QED) is 0.810. The summed E-state index contributed by atoms with van der Waals surface area (Å²) in [4.78, 5) is 0. The molecule has 1 rings (SSSR count). The number of aliphatic hydroxyl groups is 1. The number of halogens is 1. The molecule has 0 unspecified atom stereocenters. The molecule has 2 nitrogen and oxygen atoms in total. The number of hydrogen-bond donors (Lipinski definition) is 1. The van der Waals surface area contributed by atoms with Crippen molar-refractivity contribution in [3.05, 3.63) is 28.8 Å². The Balaban J connectivity index is 2.71. The van der Waals surface area contributed by atoms with Crippen LogP contribution in [0, 0.1) is 0 Å². The van der Waals surface area contributed by atoms with Gasteiger partial charge in [-0.05, 0) is 24.1 Å². The van der Waals surface area contributed by atoms with Gasteiger partial charge in [-0.3, -0.25) is 0 Å². The molecule has 0 heterocycles. The van der Waals surface area contributed by atoms with Gasteiger partial charge in [-0.25, -0.2) is 0 Å². The predicted octanol–water partition coefficient (Wildman–Crippen LogP) is 2.62. The van der Waals surface area contributed by atoms with E-state index < -0.39 is 0 Å². The summed E-state index contributed by atoms with van der Waals surface area (Å²) in [5.41, 5.74) is 0.727. The molecule has 1 N–H and O–H groups in total. The average Bonchev–Trinajstić information content (AvgIpc) is 2.15. The molecule has 0 spiro atoms. The second-order valence-corrected chi connectivity index (χ2v) is 3.17. The molecule has 0 bridgehead atoms. The van der Waals surface area contributed by atoms with Crippen LogP contribution in [0.5, 0.6) is 5.75 Å². The van der Waals surface area contributed by atoms with Gasteiger partial charge in [-0.1, -0.05) is 24.6 Å². The molecule has 0 aromatic heterocycles. The van der Waals surface area contributed by atoms with Crippen LogP contribution in [0.15, 0.2) is 18.2 Å². The minimum absolute atomic E-state index is 0.0348. The number of hydrogen-bond acceptors (Lipinski definition) is 2. The van der Waals surface area contributed by atoms with Crippen molar-refractivity contribution in [2.45, 2.75) is 20.0 Å². The van der Waals surface area contributed by atoms with Gasteiger partial charge in [0.25, 0.3) is 0 Å². The average molecular weight is 201 g/mol. The van der Waals surface area contributed by atoms with Crippen LogP contribution in [0.4, 0.5) is 0 Å². The first-order chi connectivity index (χ1) is 6.27. The van der Waals surface area contributed by atoms with Crippen LogP contribution in [-0.4, -0.2) is 11.7 Å². The number of benzene rings is 1. The van der Waals surface area contributed by atoms with Gasteiger partial charge in [0.05, 0.1) is 13.2 Å². The zero-order valence-corrected chi connectivity index (χ0v) is 8.34. The lowest BCUT2D eigenvalue weighted by atomic mass is 10.2. The molecule has 0 fully saturated rings. The zero-order chi connectivity index (χ0) is 9.68. The van der Waals surface area contributed by atoms with E-state index in [2.05, 4.69) is 0 Å². The molecule has 0 aliphatic carbocycles. The SMILES string of the molecule is CCCOc1ccc(CO)c(Cl)c1. The fourth-order valence-electron chi connectivity index (χ4n) is 0.966. The molecule has 0 aliphatic heterocycles. The van der Waals surface area contributed by atoms with Gasteiger partial charge in [0.15, 0.2) is 0 Å². The van der Waals surface area contributed by atoms with E-state index in [1.807, 2.05) is 13.0 Å². The van der Waals surface area contributed by atoms with E-state index in [4.69, 9.17) is 21.4 Å². The van der Waals surface area contributed by atoms with Crippen molar-refractivity contribution in [1.29, 1.82) is 0 Å². The Morgan fingerprint density at radius 2 is 2.23 bits per heavy atom. The van der Waals surface area contributed by atoms with Crippen LogP contribution < -0.4 is 4.74 Å². The monoisotopic (exact) mass is 200 g/mol. The molecule has 3 heteroatoms. The molecule has 0 atom stereocenters. The van der Waals surface area contributed by atoms with E-state index in [0.29, 0.717) is 11.6 Å². The Morgan fingerprint density at radius 3 is 2.77 bits per heavy atom. The van der Waals surface area contributed by atoms with E-state index in [1.165, 1.54) is 0 Å². The Bertz CT molecular complexity index is 274. The first-order valence-corrected chi connectivity index (χ1v) is 4.67. The maximum Gasteiger partial charge on any atom is 0.120 e. The van der Waals surface area contributed by atoms with Gasteiger partial charge >= 0.3 is 0 Å². The van der Waals surface area contributed by atoms with Crippen LogP contribution in [0.1, 0.15) is 18.9 Å². The summed E-state index contributed by atoms with van der Waals surface area (Å²) in [5, 5.41) is 9.41. The highest BCUT2D eigenvalue weighted by Gasteiger charge is 2.00. The van der Waals surface area contributed by atoms with Gasteiger partial charge in [-0.2, -0.15) is 0 Å². The molecule has 13 heavy (non-hydrogen) atoms. The number of rotatable bonds is 4. The minimum atomic E-state index is -0.0348.